The molecule has 0 aliphatic carbocycles. The van der Waals surface area contributed by atoms with Gasteiger partial charge in [0.2, 0.25) is 23.6 Å². The lowest BCUT2D eigenvalue weighted by molar-refractivity contribution is -0.134. The number of amides is 6. The molecule has 1 fully saturated rings. The van der Waals surface area contributed by atoms with E-state index in [1.165, 1.54) is 16.2 Å². The van der Waals surface area contributed by atoms with Crippen molar-refractivity contribution in [2.75, 3.05) is 6.54 Å². The number of carbonyl (C=O) groups excluding carboxylic acids is 6. The van der Waals surface area contributed by atoms with Crippen molar-refractivity contribution in [3.63, 3.8) is 0 Å². The molecule has 16 heteroatoms. The number of hydrogen-bond donors (Lipinski definition) is 5. The van der Waals surface area contributed by atoms with Crippen LogP contribution in [-0.4, -0.2) is 75.0 Å². The normalized spacial score (nSPS) is 23.6. The zero-order chi connectivity index (χ0) is 32.8. The molecule has 0 aromatic carbocycles. The lowest BCUT2D eigenvalue weighted by atomic mass is 9.99. The molecule has 0 unspecified atom stereocenters. The summed E-state index contributed by atoms with van der Waals surface area (Å²) in [6, 6.07) is -3.47. The monoisotopic (exact) mass is 660 g/mol. The maximum Gasteiger partial charge on any atom is 0.274 e. The molecule has 2 aromatic rings. The predicted octanol–water partition coefficient (Wildman–Crippen LogP) is 1.24. The Bertz CT molecular complexity index is 1440. The van der Waals surface area contributed by atoms with Gasteiger partial charge in [-0.25, -0.2) is 9.97 Å². The summed E-state index contributed by atoms with van der Waals surface area (Å²) in [5.41, 5.74) is 5.67. The van der Waals surface area contributed by atoms with Crippen molar-refractivity contribution in [3.05, 3.63) is 32.2 Å². The van der Waals surface area contributed by atoms with Crippen molar-refractivity contribution in [1.82, 2.24) is 36.1 Å². The van der Waals surface area contributed by atoms with E-state index in [0.29, 0.717) is 35.8 Å². The van der Waals surface area contributed by atoms with Crippen LogP contribution in [-0.2, 0) is 25.7 Å². The first-order chi connectivity index (χ1) is 21.3. The minimum atomic E-state index is -0.986. The highest BCUT2D eigenvalue weighted by molar-refractivity contribution is 7.10. The summed E-state index contributed by atoms with van der Waals surface area (Å²) in [6.45, 7) is 7.80. The number of rotatable bonds is 6. The number of carbonyl (C=O) groups is 6. The summed E-state index contributed by atoms with van der Waals surface area (Å²) < 4.78 is 0. The fourth-order valence-corrected chi connectivity index (χ4v) is 6.88. The molecule has 2 aliphatic rings. The van der Waals surface area contributed by atoms with Crippen LogP contribution in [0, 0.1) is 11.8 Å². The van der Waals surface area contributed by atoms with Crippen LogP contribution in [0.3, 0.4) is 0 Å². The number of thiazole rings is 2. The largest absolute Gasteiger partial charge is 0.370 e. The molecule has 0 radical (unpaired) electrons. The Hall–Kier alpha value is -3.92. The molecule has 2 aliphatic heterocycles. The molecule has 4 heterocycles. The molecule has 4 bridgehead atoms. The van der Waals surface area contributed by atoms with Crippen LogP contribution < -0.4 is 27.0 Å². The molecule has 4 atom stereocenters. The fraction of sp³-hybridized carbons (Fsp3) is 0.586. The summed E-state index contributed by atoms with van der Waals surface area (Å²) in [7, 11) is 0. The van der Waals surface area contributed by atoms with E-state index in [2.05, 4.69) is 31.2 Å². The van der Waals surface area contributed by atoms with E-state index < -0.39 is 59.6 Å². The quantitative estimate of drug-likeness (QED) is 0.304. The van der Waals surface area contributed by atoms with Crippen molar-refractivity contribution in [1.29, 1.82) is 0 Å². The van der Waals surface area contributed by atoms with Gasteiger partial charge in [0.05, 0.1) is 12.6 Å². The first-order valence-electron chi connectivity index (χ1n) is 15.0. The van der Waals surface area contributed by atoms with Crippen LogP contribution in [0.25, 0.3) is 0 Å². The van der Waals surface area contributed by atoms with Gasteiger partial charge in [0.15, 0.2) is 0 Å². The van der Waals surface area contributed by atoms with Gasteiger partial charge in [-0.2, -0.15) is 0 Å². The van der Waals surface area contributed by atoms with E-state index >= 15 is 0 Å². The van der Waals surface area contributed by atoms with Gasteiger partial charge in [0, 0.05) is 23.7 Å². The highest BCUT2D eigenvalue weighted by Gasteiger charge is 2.38. The van der Waals surface area contributed by atoms with E-state index in [1.807, 2.05) is 13.8 Å². The second-order valence-electron chi connectivity index (χ2n) is 12.0. The molecule has 45 heavy (non-hydrogen) atoms. The Morgan fingerprint density at radius 1 is 0.956 bits per heavy atom. The molecule has 1 saturated heterocycles. The zero-order valence-electron chi connectivity index (χ0n) is 25.8. The summed E-state index contributed by atoms with van der Waals surface area (Å²) in [6.07, 6.45) is 1.44. The Morgan fingerprint density at radius 2 is 1.67 bits per heavy atom. The standard InChI is InChI=1S/C29H40N8O6S2/c1-14(2)10-17-25(40)36-23(15(3)4)27(42)33-16(7-8-21(30)38)28-35-18(12-45-28)24(39)31-11-22-32-19(13-44-22)29(43)37-9-5-6-20(37)26(41)34-17/h12-17,20,23H,5-11H2,1-4H3,(H2,30,38)(H,31,39)(H,33,42)(H,34,41)(H,36,40)/t16-,17+,20+,23+/m1/s1. The number of nitrogens with one attached hydrogen (secondary N) is 4. The second-order valence-corrected chi connectivity index (χ2v) is 13.9. The maximum atomic E-state index is 13.6. The van der Waals surface area contributed by atoms with E-state index in [4.69, 9.17) is 5.73 Å². The average molecular weight is 661 g/mol. The van der Waals surface area contributed by atoms with Crippen molar-refractivity contribution in [2.24, 2.45) is 17.6 Å². The predicted molar refractivity (Wildman–Crippen MR) is 167 cm³/mol. The van der Waals surface area contributed by atoms with Crippen LogP contribution in [0.1, 0.15) is 96.8 Å². The lowest BCUT2D eigenvalue weighted by Gasteiger charge is -2.29. The summed E-state index contributed by atoms with van der Waals surface area (Å²) >= 11 is 2.35. The summed E-state index contributed by atoms with van der Waals surface area (Å²) in [5.74, 6) is -3.25. The highest BCUT2D eigenvalue weighted by atomic mass is 32.1. The average Bonchev–Trinajstić information content (AvgIpc) is 3.76. The van der Waals surface area contributed by atoms with E-state index in [-0.39, 0.29) is 42.6 Å². The van der Waals surface area contributed by atoms with Crippen LogP contribution >= 0.6 is 22.7 Å². The fourth-order valence-electron chi connectivity index (χ4n) is 5.28. The molecular formula is C29H40N8O6S2. The van der Waals surface area contributed by atoms with Crippen LogP contribution in [0.2, 0.25) is 0 Å². The van der Waals surface area contributed by atoms with Gasteiger partial charge in [-0.1, -0.05) is 27.7 Å². The third-order valence-corrected chi connectivity index (χ3v) is 9.43. The van der Waals surface area contributed by atoms with Gasteiger partial charge < -0.3 is 31.9 Å². The summed E-state index contributed by atoms with van der Waals surface area (Å²) in [4.78, 5) is 89.0. The van der Waals surface area contributed by atoms with Gasteiger partial charge >= 0.3 is 0 Å². The third kappa shape index (κ3) is 8.63. The number of fused-ring (bicyclic) bond motifs is 5. The molecule has 0 spiro atoms. The number of nitrogens with two attached hydrogens (primary N) is 1. The van der Waals surface area contributed by atoms with E-state index in [0.717, 1.165) is 11.3 Å². The minimum Gasteiger partial charge on any atom is -0.370 e. The molecule has 0 saturated carbocycles. The zero-order valence-corrected chi connectivity index (χ0v) is 27.4. The maximum absolute atomic E-state index is 13.6. The molecule has 4 rings (SSSR count). The van der Waals surface area contributed by atoms with Crippen molar-refractivity contribution in [3.8, 4) is 0 Å². The van der Waals surface area contributed by atoms with Crippen LogP contribution in [0.15, 0.2) is 10.8 Å². The Kier molecular flexibility index (Phi) is 11.3. The van der Waals surface area contributed by atoms with Gasteiger partial charge in [-0.15, -0.1) is 22.7 Å². The Morgan fingerprint density at radius 3 is 2.36 bits per heavy atom. The lowest BCUT2D eigenvalue weighted by Crippen LogP contribution is -2.58. The molecule has 244 valence electrons. The Balaban J connectivity index is 1.69. The van der Waals surface area contributed by atoms with Gasteiger partial charge in [-0.3, -0.25) is 28.8 Å². The number of nitrogens with zero attached hydrogens (tertiary/aromatic N) is 3. The van der Waals surface area contributed by atoms with Crippen molar-refractivity contribution < 1.29 is 28.8 Å². The molecular weight excluding hydrogens is 621 g/mol. The van der Waals surface area contributed by atoms with E-state index in [1.54, 1.807) is 24.6 Å². The SMILES string of the molecule is CC(C)C[C@@H]1NC(=O)[C@@H]2CCCN2C(=O)c2csc(n2)CNC(=O)c2csc(n2)[C@@H](CCC(N)=O)NC(=O)[C@H](C(C)C)NC1=O. The number of primary amides is 1. The molecule has 14 nitrogen and oxygen atoms in total. The van der Waals surface area contributed by atoms with Gasteiger partial charge in [-0.05, 0) is 37.5 Å². The van der Waals surface area contributed by atoms with Crippen LogP contribution in [0.5, 0.6) is 0 Å². The van der Waals surface area contributed by atoms with Gasteiger partial charge in [0.25, 0.3) is 11.8 Å². The topological polar surface area (TPSA) is 206 Å². The minimum absolute atomic E-state index is 0.0326. The van der Waals surface area contributed by atoms with E-state index in [9.17, 15) is 28.8 Å². The molecule has 6 amide bonds. The molecule has 2 aromatic heterocycles. The summed E-state index contributed by atoms with van der Waals surface area (Å²) in [5, 5.41) is 15.3. The third-order valence-electron chi connectivity index (χ3n) is 7.62. The van der Waals surface area contributed by atoms with Crippen LogP contribution in [0.4, 0.5) is 0 Å². The van der Waals surface area contributed by atoms with Crippen molar-refractivity contribution in [2.45, 2.75) is 90.5 Å². The number of hydrogen-bond acceptors (Lipinski definition) is 10. The smallest absolute Gasteiger partial charge is 0.274 e. The number of aromatic nitrogens is 2. The Labute approximate surface area is 269 Å². The van der Waals surface area contributed by atoms with Gasteiger partial charge in [0.1, 0.15) is 39.5 Å². The van der Waals surface area contributed by atoms with Crippen molar-refractivity contribution >= 4 is 58.1 Å². The second kappa shape index (κ2) is 14.9. The first-order valence-corrected chi connectivity index (χ1v) is 16.8. The molecule has 6 N–H and O–H groups in total. The highest BCUT2D eigenvalue weighted by Crippen LogP contribution is 2.25. The first kappa shape index (κ1) is 34.0.